The van der Waals surface area contributed by atoms with Gasteiger partial charge in [-0.25, -0.2) is 0 Å². The number of rotatable bonds is 6. The van der Waals surface area contributed by atoms with Crippen molar-refractivity contribution < 1.29 is 4.79 Å². The summed E-state index contributed by atoms with van der Waals surface area (Å²) < 4.78 is 0. The Bertz CT molecular complexity index is 1030. The molecule has 2 aliphatic rings. The second-order valence-corrected chi connectivity index (χ2v) is 8.40. The molecule has 1 aliphatic carbocycles. The van der Waals surface area contributed by atoms with Crippen LogP contribution < -0.4 is 15.5 Å². The quantitative estimate of drug-likeness (QED) is 0.751. The molecule has 1 amide bonds. The molecule has 1 aliphatic heterocycles. The van der Waals surface area contributed by atoms with E-state index in [0.717, 1.165) is 54.6 Å². The van der Waals surface area contributed by atoms with Crippen LogP contribution in [0.3, 0.4) is 0 Å². The van der Waals surface area contributed by atoms with Gasteiger partial charge in [0.25, 0.3) is 0 Å². The van der Waals surface area contributed by atoms with Crippen molar-refractivity contribution in [2.24, 2.45) is 0 Å². The number of hydrogen-bond acceptors (Lipinski definition) is 5. The van der Waals surface area contributed by atoms with E-state index >= 15 is 0 Å². The molecule has 0 saturated heterocycles. The van der Waals surface area contributed by atoms with Gasteiger partial charge in [-0.2, -0.15) is 10.5 Å². The van der Waals surface area contributed by atoms with Gasteiger partial charge in [0.15, 0.2) is 0 Å². The largest absolute Gasteiger partial charge is 0.365 e. The van der Waals surface area contributed by atoms with Gasteiger partial charge in [0.2, 0.25) is 5.91 Å². The van der Waals surface area contributed by atoms with E-state index in [-0.39, 0.29) is 17.9 Å². The molecule has 0 aromatic heterocycles. The Morgan fingerprint density at radius 2 is 1.87 bits per heavy atom. The minimum atomic E-state index is -0.323. The van der Waals surface area contributed by atoms with Crippen molar-refractivity contribution in [2.45, 2.75) is 43.9 Å². The summed E-state index contributed by atoms with van der Waals surface area (Å²) in [6, 6.07) is 18.6. The van der Waals surface area contributed by atoms with Crippen LogP contribution in [0.5, 0.6) is 0 Å². The molecule has 1 fully saturated rings. The van der Waals surface area contributed by atoms with E-state index in [1.807, 2.05) is 17.0 Å². The van der Waals surface area contributed by atoms with Gasteiger partial charge in [-0.15, -0.1) is 0 Å². The van der Waals surface area contributed by atoms with E-state index in [4.69, 9.17) is 0 Å². The zero-order chi connectivity index (χ0) is 21.7. The van der Waals surface area contributed by atoms with Crippen LogP contribution in [0, 0.1) is 22.7 Å². The van der Waals surface area contributed by atoms with Crippen molar-refractivity contribution in [1.82, 2.24) is 5.32 Å². The summed E-state index contributed by atoms with van der Waals surface area (Å²) in [5.74, 6) is -0.0423. The summed E-state index contributed by atoms with van der Waals surface area (Å²) in [5.41, 5.74) is 4.23. The van der Waals surface area contributed by atoms with Crippen molar-refractivity contribution in [2.75, 3.05) is 30.0 Å². The van der Waals surface area contributed by atoms with Crippen LogP contribution in [0.4, 0.5) is 11.4 Å². The van der Waals surface area contributed by atoms with Crippen molar-refractivity contribution >= 4 is 17.3 Å². The molecule has 158 valence electrons. The van der Waals surface area contributed by atoms with E-state index in [1.54, 1.807) is 6.07 Å². The molecule has 6 heteroatoms. The molecule has 0 spiro atoms. The average molecular weight is 414 g/mol. The Hall–Kier alpha value is -3.51. The maximum Gasteiger partial charge on any atom is 0.239 e. The molecule has 2 aromatic carbocycles. The van der Waals surface area contributed by atoms with Gasteiger partial charge in [0.05, 0.1) is 41.6 Å². The Morgan fingerprint density at radius 3 is 2.58 bits per heavy atom. The molecule has 6 nitrogen and oxygen atoms in total. The number of fused-ring (bicyclic) bond motifs is 1. The number of hydrogen-bond donors (Lipinski definition) is 2. The van der Waals surface area contributed by atoms with Crippen molar-refractivity contribution in [3.05, 3.63) is 59.2 Å². The third-order valence-electron chi connectivity index (χ3n) is 6.45. The summed E-state index contributed by atoms with van der Waals surface area (Å²) in [4.78, 5) is 14.3. The number of nitriles is 2. The maximum absolute atomic E-state index is 12.4. The number of nitrogens with zero attached hydrogens (tertiary/aromatic N) is 3. The summed E-state index contributed by atoms with van der Waals surface area (Å²) >= 11 is 0. The highest BCUT2D eigenvalue weighted by Gasteiger charge is 2.33. The molecular weight excluding hydrogens is 386 g/mol. The Morgan fingerprint density at radius 1 is 1.10 bits per heavy atom. The molecule has 0 atom stereocenters. The highest BCUT2D eigenvalue weighted by atomic mass is 16.2. The highest BCUT2D eigenvalue weighted by molar-refractivity contribution is 5.87. The molecule has 1 saturated carbocycles. The molecule has 2 N–H and O–H groups in total. The standard InChI is InChI=1S/C25H27N5O/c26-15-20-5-4-6-22-24(20)29-18-30(22)16-23(31)28-14-11-19-7-9-21(10-8-19)25(17-27)12-2-1-3-13-25/h4-10,29H,1-3,11-14,16,18H2,(H,28,31). The zero-order valence-electron chi connectivity index (χ0n) is 17.7. The van der Waals surface area contributed by atoms with Crippen LogP contribution in [-0.4, -0.2) is 25.7 Å². The number of nitrogens with one attached hydrogen (secondary N) is 2. The van der Waals surface area contributed by atoms with E-state index in [1.165, 1.54) is 6.42 Å². The zero-order valence-corrected chi connectivity index (χ0v) is 17.7. The van der Waals surface area contributed by atoms with Crippen LogP contribution in [0.2, 0.25) is 0 Å². The summed E-state index contributed by atoms with van der Waals surface area (Å²) in [6.45, 7) is 1.33. The van der Waals surface area contributed by atoms with Gasteiger partial charge in [-0.3, -0.25) is 4.79 Å². The average Bonchev–Trinajstić information content (AvgIpc) is 3.22. The predicted molar refractivity (Wildman–Crippen MR) is 121 cm³/mol. The monoisotopic (exact) mass is 413 g/mol. The fourth-order valence-corrected chi connectivity index (χ4v) is 4.67. The minimum absolute atomic E-state index is 0.0423. The number of amides is 1. The summed E-state index contributed by atoms with van der Waals surface area (Å²) in [7, 11) is 0. The smallest absolute Gasteiger partial charge is 0.239 e. The van der Waals surface area contributed by atoms with Gasteiger partial charge in [0.1, 0.15) is 6.07 Å². The SMILES string of the molecule is N#Cc1cccc2c1NCN2CC(=O)NCCc1ccc(C2(C#N)CCCCC2)cc1. The molecule has 1 heterocycles. The number of carbonyl (C=O) groups excluding carboxylic acids is 1. The van der Waals surface area contributed by atoms with Crippen LogP contribution in [0.1, 0.15) is 48.8 Å². The Kier molecular flexibility index (Phi) is 6.09. The van der Waals surface area contributed by atoms with Crippen LogP contribution in [0.15, 0.2) is 42.5 Å². The second kappa shape index (κ2) is 9.10. The fourth-order valence-electron chi connectivity index (χ4n) is 4.67. The molecule has 31 heavy (non-hydrogen) atoms. The topological polar surface area (TPSA) is 91.9 Å². The van der Waals surface area contributed by atoms with Crippen LogP contribution >= 0.6 is 0 Å². The lowest BCUT2D eigenvalue weighted by Gasteiger charge is -2.31. The number of carbonyl (C=O) groups is 1. The lowest BCUT2D eigenvalue weighted by Crippen LogP contribution is -2.37. The second-order valence-electron chi connectivity index (χ2n) is 8.40. The van der Waals surface area contributed by atoms with Gasteiger partial charge in [-0.1, -0.05) is 49.6 Å². The predicted octanol–water partition coefficient (Wildman–Crippen LogP) is 3.83. The highest BCUT2D eigenvalue weighted by Crippen LogP contribution is 2.39. The van der Waals surface area contributed by atoms with Crippen molar-refractivity contribution in [1.29, 1.82) is 10.5 Å². The maximum atomic E-state index is 12.4. The third-order valence-corrected chi connectivity index (χ3v) is 6.45. The Balaban J connectivity index is 1.28. The van der Waals surface area contributed by atoms with E-state index in [2.05, 4.69) is 47.0 Å². The first-order valence-electron chi connectivity index (χ1n) is 10.9. The first-order chi connectivity index (χ1) is 15.1. The van der Waals surface area contributed by atoms with Gasteiger partial charge in [0, 0.05) is 6.54 Å². The first-order valence-corrected chi connectivity index (χ1v) is 10.9. The normalized spacial score (nSPS) is 16.5. The van der Waals surface area contributed by atoms with E-state index in [9.17, 15) is 15.3 Å². The Labute approximate surface area is 183 Å². The lowest BCUT2D eigenvalue weighted by atomic mass is 9.70. The molecule has 2 aromatic rings. The van der Waals surface area contributed by atoms with Crippen LogP contribution in [-0.2, 0) is 16.6 Å². The van der Waals surface area contributed by atoms with Crippen LogP contribution in [0.25, 0.3) is 0 Å². The van der Waals surface area contributed by atoms with Crippen molar-refractivity contribution in [3.8, 4) is 12.1 Å². The van der Waals surface area contributed by atoms with E-state index < -0.39 is 0 Å². The number of para-hydroxylation sites is 1. The van der Waals surface area contributed by atoms with Crippen molar-refractivity contribution in [3.63, 3.8) is 0 Å². The summed E-state index contributed by atoms with van der Waals surface area (Å²) in [6.07, 6.45) is 6.11. The molecule has 0 radical (unpaired) electrons. The van der Waals surface area contributed by atoms with Gasteiger partial charge >= 0.3 is 0 Å². The number of benzene rings is 2. The third kappa shape index (κ3) is 4.34. The fraction of sp³-hybridized carbons (Fsp3) is 0.400. The molecule has 0 bridgehead atoms. The van der Waals surface area contributed by atoms with Gasteiger partial charge < -0.3 is 15.5 Å². The molecule has 0 unspecified atom stereocenters. The number of anilines is 2. The molecule has 4 rings (SSSR count). The molecular formula is C25H27N5O. The first kappa shape index (κ1) is 20.8. The summed E-state index contributed by atoms with van der Waals surface area (Å²) in [5, 5.41) is 25.1. The lowest BCUT2D eigenvalue weighted by molar-refractivity contribution is -0.119. The minimum Gasteiger partial charge on any atom is -0.365 e. The van der Waals surface area contributed by atoms with E-state index in [0.29, 0.717) is 18.8 Å². The van der Waals surface area contributed by atoms with Gasteiger partial charge in [-0.05, 0) is 42.5 Å².